The summed E-state index contributed by atoms with van der Waals surface area (Å²) in [4.78, 5) is 26.1. The van der Waals surface area contributed by atoms with Crippen molar-refractivity contribution in [2.75, 3.05) is 19.0 Å². The number of para-hydroxylation sites is 1. The number of anilines is 1. The Balaban J connectivity index is 1.89. The molecule has 1 atom stereocenters. The van der Waals surface area contributed by atoms with Gasteiger partial charge < -0.3 is 15.0 Å². The highest BCUT2D eigenvalue weighted by Crippen LogP contribution is 2.36. The third-order valence-corrected chi connectivity index (χ3v) is 4.73. The van der Waals surface area contributed by atoms with Crippen LogP contribution in [0.15, 0.2) is 48.5 Å². The molecule has 1 aliphatic heterocycles. The molecule has 2 aromatic rings. The van der Waals surface area contributed by atoms with Gasteiger partial charge in [0.2, 0.25) is 0 Å². The Bertz CT molecular complexity index is 883. The molecule has 0 saturated heterocycles. The zero-order valence-electron chi connectivity index (χ0n) is 15.1. The summed E-state index contributed by atoms with van der Waals surface area (Å²) in [5.41, 5.74) is 0.538. The van der Waals surface area contributed by atoms with E-state index >= 15 is 0 Å². The number of urea groups is 1. The Morgan fingerprint density at radius 2 is 1.82 bits per heavy atom. The number of esters is 1. The summed E-state index contributed by atoms with van der Waals surface area (Å²) in [6.45, 7) is 0.276. The topological polar surface area (TPSA) is 58.6 Å². The zero-order chi connectivity index (χ0) is 20.3. The second-order valence-corrected chi connectivity index (χ2v) is 6.41. The fourth-order valence-electron chi connectivity index (χ4n) is 3.38. The number of carbonyl (C=O) groups is 2. The molecule has 2 amide bonds. The van der Waals surface area contributed by atoms with Crippen molar-refractivity contribution in [2.45, 2.75) is 25.1 Å². The van der Waals surface area contributed by atoms with Crippen LogP contribution >= 0.6 is 0 Å². The molecular formula is C20H19F3N2O3. The number of nitrogens with zero attached hydrogens (tertiary/aromatic N) is 1. The fraction of sp³-hybridized carbons (Fsp3) is 0.300. The first-order valence-corrected chi connectivity index (χ1v) is 8.69. The van der Waals surface area contributed by atoms with Gasteiger partial charge in [-0.05, 0) is 29.7 Å². The Morgan fingerprint density at radius 1 is 1.14 bits per heavy atom. The maximum absolute atomic E-state index is 13.2. The van der Waals surface area contributed by atoms with Crippen LogP contribution in [-0.2, 0) is 22.1 Å². The van der Waals surface area contributed by atoms with Crippen LogP contribution < -0.4 is 5.32 Å². The van der Waals surface area contributed by atoms with E-state index in [-0.39, 0.29) is 18.7 Å². The Morgan fingerprint density at radius 3 is 2.54 bits per heavy atom. The number of ether oxygens (including phenoxy) is 1. The number of halogens is 3. The lowest BCUT2D eigenvalue weighted by Crippen LogP contribution is -2.43. The molecule has 0 radical (unpaired) electrons. The van der Waals surface area contributed by atoms with Gasteiger partial charge in [0.25, 0.3) is 0 Å². The number of carbonyl (C=O) groups excluding carboxylic acids is 2. The largest absolute Gasteiger partial charge is 0.469 e. The average molecular weight is 392 g/mol. The van der Waals surface area contributed by atoms with Crippen LogP contribution in [0, 0.1) is 0 Å². The van der Waals surface area contributed by atoms with Crippen LogP contribution in [0.1, 0.15) is 29.2 Å². The number of alkyl halides is 3. The van der Waals surface area contributed by atoms with Crippen LogP contribution in [0.2, 0.25) is 0 Å². The molecule has 0 fully saturated rings. The van der Waals surface area contributed by atoms with Crippen molar-refractivity contribution in [1.82, 2.24) is 4.90 Å². The standard InChI is InChI=1S/C20H19F3N2O3/c1-28-18(26)12-17-14-7-3-2-6-13(14)10-11-25(17)19(27)24-16-9-5-4-8-15(16)20(21,22)23/h2-9,17H,10-12H2,1H3,(H,24,27)/t17-/m1/s1. The predicted octanol–water partition coefficient (Wildman–Crippen LogP) is 4.40. The molecule has 0 aliphatic carbocycles. The van der Waals surface area contributed by atoms with E-state index in [1.165, 1.54) is 30.2 Å². The van der Waals surface area contributed by atoms with Crippen LogP contribution in [0.25, 0.3) is 0 Å². The summed E-state index contributed by atoms with van der Waals surface area (Å²) < 4.78 is 44.4. The number of methoxy groups -OCH3 is 1. The lowest BCUT2D eigenvalue weighted by Gasteiger charge is -2.37. The Labute approximate surface area is 160 Å². The van der Waals surface area contributed by atoms with Gasteiger partial charge >= 0.3 is 18.2 Å². The van der Waals surface area contributed by atoms with Gasteiger partial charge in [-0.2, -0.15) is 13.2 Å². The molecule has 0 unspecified atom stereocenters. The van der Waals surface area contributed by atoms with Crippen molar-refractivity contribution in [3.63, 3.8) is 0 Å². The average Bonchev–Trinajstić information content (AvgIpc) is 2.67. The van der Waals surface area contributed by atoms with Crippen LogP contribution in [0.3, 0.4) is 0 Å². The Kier molecular flexibility index (Phi) is 5.58. The fourth-order valence-corrected chi connectivity index (χ4v) is 3.38. The van der Waals surface area contributed by atoms with E-state index in [1.54, 1.807) is 6.07 Å². The number of fused-ring (bicyclic) bond motifs is 1. The maximum Gasteiger partial charge on any atom is 0.418 e. The number of hydrogen-bond donors (Lipinski definition) is 1. The number of hydrogen-bond acceptors (Lipinski definition) is 3. The molecule has 2 aromatic carbocycles. The van der Waals surface area contributed by atoms with Gasteiger partial charge in [0.1, 0.15) is 0 Å². The van der Waals surface area contributed by atoms with Crippen LogP contribution in [0.5, 0.6) is 0 Å². The van der Waals surface area contributed by atoms with Gasteiger partial charge in [-0.25, -0.2) is 4.79 Å². The molecule has 28 heavy (non-hydrogen) atoms. The Hall–Kier alpha value is -3.03. The lowest BCUT2D eigenvalue weighted by molar-refractivity contribution is -0.142. The SMILES string of the molecule is COC(=O)C[C@@H]1c2ccccc2CCN1C(=O)Nc1ccccc1C(F)(F)F. The molecule has 0 spiro atoms. The number of amides is 2. The summed E-state index contributed by atoms with van der Waals surface area (Å²) in [7, 11) is 1.25. The van der Waals surface area contributed by atoms with Crippen molar-refractivity contribution in [2.24, 2.45) is 0 Å². The van der Waals surface area contributed by atoms with Crippen molar-refractivity contribution in [1.29, 1.82) is 0 Å². The third-order valence-electron chi connectivity index (χ3n) is 4.73. The van der Waals surface area contributed by atoms with E-state index in [9.17, 15) is 22.8 Å². The van der Waals surface area contributed by atoms with E-state index in [0.717, 1.165) is 17.2 Å². The molecule has 3 rings (SSSR count). The van der Waals surface area contributed by atoms with Crippen LogP contribution in [-0.4, -0.2) is 30.6 Å². The first kappa shape index (κ1) is 19.7. The van der Waals surface area contributed by atoms with Crippen LogP contribution in [0.4, 0.5) is 23.7 Å². The van der Waals surface area contributed by atoms with E-state index in [2.05, 4.69) is 5.32 Å². The van der Waals surface area contributed by atoms with Crippen molar-refractivity contribution < 1.29 is 27.5 Å². The van der Waals surface area contributed by atoms with Gasteiger partial charge in [-0.3, -0.25) is 4.79 Å². The normalized spacial score (nSPS) is 16.3. The van der Waals surface area contributed by atoms with Gasteiger partial charge in [0.05, 0.1) is 30.8 Å². The quantitative estimate of drug-likeness (QED) is 0.788. The summed E-state index contributed by atoms with van der Waals surface area (Å²) in [6.07, 6.45) is -4.13. The maximum atomic E-state index is 13.2. The molecule has 148 valence electrons. The first-order chi connectivity index (χ1) is 13.3. The zero-order valence-corrected chi connectivity index (χ0v) is 15.1. The van der Waals surface area contributed by atoms with Gasteiger partial charge in [-0.1, -0.05) is 36.4 Å². The van der Waals surface area contributed by atoms with E-state index in [0.29, 0.717) is 6.42 Å². The van der Waals surface area contributed by atoms with E-state index in [1.807, 2.05) is 18.2 Å². The molecule has 8 heteroatoms. The molecule has 0 saturated carbocycles. The van der Waals surface area contributed by atoms with Gasteiger partial charge in [0, 0.05) is 6.54 Å². The summed E-state index contributed by atoms with van der Waals surface area (Å²) in [6, 6.07) is 10.9. The molecular weight excluding hydrogens is 373 g/mol. The summed E-state index contributed by atoms with van der Waals surface area (Å²) in [5, 5.41) is 2.35. The minimum absolute atomic E-state index is 0.0815. The highest BCUT2D eigenvalue weighted by atomic mass is 19.4. The highest BCUT2D eigenvalue weighted by Gasteiger charge is 2.36. The van der Waals surface area contributed by atoms with Gasteiger partial charge in [-0.15, -0.1) is 0 Å². The predicted molar refractivity (Wildman–Crippen MR) is 96.7 cm³/mol. The van der Waals surface area contributed by atoms with Crippen molar-refractivity contribution in [3.05, 3.63) is 65.2 Å². The van der Waals surface area contributed by atoms with Gasteiger partial charge in [0.15, 0.2) is 0 Å². The number of nitrogens with one attached hydrogen (secondary N) is 1. The summed E-state index contributed by atoms with van der Waals surface area (Å²) >= 11 is 0. The summed E-state index contributed by atoms with van der Waals surface area (Å²) in [5.74, 6) is -0.504. The first-order valence-electron chi connectivity index (χ1n) is 8.69. The van der Waals surface area contributed by atoms with Crippen molar-refractivity contribution >= 4 is 17.7 Å². The molecule has 0 bridgehead atoms. The second kappa shape index (κ2) is 7.92. The molecule has 1 aliphatic rings. The number of benzene rings is 2. The minimum Gasteiger partial charge on any atom is -0.469 e. The highest BCUT2D eigenvalue weighted by molar-refractivity contribution is 5.91. The lowest BCUT2D eigenvalue weighted by atomic mass is 9.91. The van der Waals surface area contributed by atoms with E-state index < -0.39 is 29.8 Å². The number of rotatable bonds is 3. The monoisotopic (exact) mass is 392 g/mol. The molecule has 5 nitrogen and oxygen atoms in total. The van der Waals surface area contributed by atoms with Crippen molar-refractivity contribution in [3.8, 4) is 0 Å². The molecule has 1 heterocycles. The second-order valence-electron chi connectivity index (χ2n) is 6.41. The molecule has 0 aromatic heterocycles. The smallest absolute Gasteiger partial charge is 0.418 e. The minimum atomic E-state index is -4.59. The molecule has 1 N–H and O–H groups in total. The third kappa shape index (κ3) is 4.11. The van der Waals surface area contributed by atoms with E-state index in [4.69, 9.17) is 4.74 Å².